The third-order valence-corrected chi connectivity index (χ3v) is 6.91. The summed E-state index contributed by atoms with van der Waals surface area (Å²) in [5.74, 6) is 7.40. The fourth-order valence-corrected chi connectivity index (χ4v) is 5.28. The van der Waals surface area contributed by atoms with Gasteiger partial charge in [-0.25, -0.2) is 4.98 Å². The Morgan fingerprint density at radius 3 is 2.74 bits per heavy atom. The fourth-order valence-electron chi connectivity index (χ4n) is 5.28. The molecule has 1 aromatic heterocycles. The van der Waals surface area contributed by atoms with E-state index < -0.39 is 6.61 Å². The molecule has 1 fully saturated rings. The van der Waals surface area contributed by atoms with Crippen LogP contribution < -0.4 is 4.74 Å². The minimum absolute atomic E-state index is 0.0170. The summed E-state index contributed by atoms with van der Waals surface area (Å²) in [6.07, 6.45) is 3.73. The van der Waals surface area contributed by atoms with Crippen LogP contribution in [0.2, 0.25) is 0 Å². The highest BCUT2D eigenvalue weighted by Crippen LogP contribution is 2.46. The number of rotatable bonds is 6. The lowest BCUT2D eigenvalue weighted by molar-refractivity contribution is -0.0507. The largest absolute Gasteiger partial charge is 0.434 e. The summed E-state index contributed by atoms with van der Waals surface area (Å²) in [5, 5.41) is 0. The number of carbonyl (C=O) groups excluding carboxylic acids is 1. The first kappa shape index (κ1) is 23.5. The molecule has 2 aliphatic heterocycles. The number of alkyl halides is 2. The second kappa shape index (κ2) is 9.76. The number of aldehydes is 1. The van der Waals surface area contributed by atoms with Crippen molar-refractivity contribution in [2.24, 2.45) is 0 Å². The van der Waals surface area contributed by atoms with Crippen LogP contribution in [-0.4, -0.2) is 66.0 Å². The van der Waals surface area contributed by atoms with E-state index in [4.69, 9.17) is 9.72 Å². The molecule has 0 N–H and O–H groups in total. The highest BCUT2D eigenvalue weighted by atomic mass is 19.3. The average molecular weight is 479 g/mol. The van der Waals surface area contributed by atoms with Crippen molar-refractivity contribution in [3.8, 4) is 17.6 Å². The number of imidazole rings is 1. The molecule has 0 saturated carbocycles. The topological polar surface area (TPSA) is 50.6 Å². The molecule has 3 heterocycles. The monoisotopic (exact) mass is 478 g/mol. The van der Waals surface area contributed by atoms with Crippen molar-refractivity contribution < 1.29 is 18.3 Å². The van der Waals surface area contributed by atoms with Crippen molar-refractivity contribution in [3.63, 3.8) is 0 Å². The minimum atomic E-state index is -2.99. The van der Waals surface area contributed by atoms with Gasteiger partial charge in [-0.05, 0) is 70.7 Å². The van der Waals surface area contributed by atoms with Gasteiger partial charge in [-0.3, -0.25) is 14.6 Å². The molecule has 3 aromatic rings. The summed E-state index contributed by atoms with van der Waals surface area (Å²) in [4.78, 5) is 21.2. The lowest BCUT2D eigenvalue weighted by Crippen LogP contribution is -2.18. The number of aromatic nitrogens is 2. The van der Waals surface area contributed by atoms with E-state index in [0.717, 1.165) is 42.1 Å². The van der Waals surface area contributed by atoms with Crippen LogP contribution in [0.4, 0.5) is 8.78 Å². The quantitative estimate of drug-likeness (QED) is 0.386. The number of hydrogen-bond acceptors (Lipinski definition) is 5. The van der Waals surface area contributed by atoms with Gasteiger partial charge in [0.1, 0.15) is 11.6 Å². The number of likely N-dealkylation sites (tertiary alicyclic amines) is 1. The maximum Gasteiger partial charge on any atom is 0.387 e. The maximum absolute atomic E-state index is 13.2. The molecule has 2 aromatic carbocycles. The third kappa shape index (κ3) is 4.54. The van der Waals surface area contributed by atoms with Crippen LogP contribution >= 0.6 is 0 Å². The molecule has 0 amide bonds. The van der Waals surface area contributed by atoms with E-state index in [9.17, 15) is 13.6 Å². The van der Waals surface area contributed by atoms with Gasteiger partial charge in [0, 0.05) is 16.7 Å². The van der Waals surface area contributed by atoms with E-state index in [2.05, 4.69) is 26.2 Å². The van der Waals surface area contributed by atoms with Gasteiger partial charge >= 0.3 is 6.61 Å². The zero-order valence-electron chi connectivity index (χ0n) is 19.9. The smallest absolute Gasteiger partial charge is 0.387 e. The van der Waals surface area contributed by atoms with Crippen molar-refractivity contribution in [1.29, 1.82) is 0 Å². The second-order valence-electron chi connectivity index (χ2n) is 9.31. The van der Waals surface area contributed by atoms with Gasteiger partial charge in [-0.1, -0.05) is 24.0 Å². The Morgan fingerprint density at radius 2 is 2.03 bits per heavy atom. The Kier molecular flexibility index (Phi) is 6.54. The molecule has 35 heavy (non-hydrogen) atoms. The molecule has 5 rings (SSSR count). The van der Waals surface area contributed by atoms with Gasteiger partial charge in [0.05, 0.1) is 29.7 Å². The summed E-state index contributed by atoms with van der Waals surface area (Å²) < 4.78 is 33.4. The molecule has 6 nitrogen and oxygen atoms in total. The standard InChI is InChI=1S/C27H28F2N4O2/c1-31(2)23-16-22(25-19(17-34)8-5-9-24(25)35-27(28)29)33-21-15-18(10-11-20(21)30-26(23)33)7-6-14-32-12-3-4-13-32/h5,8-11,15,17,22-23,27H,3-4,12-14,16H2,1-2H3/t22-,23?/m1/s1. The Balaban J connectivity index is 1.61. The van der Waals surface area contributed by atoms with E-state index >= 15 is 0 Å². The van der Waals surface area contributed by atoms with Crippen LogP contribution in [0, 0.1) is 11.8 Å². The normalized spacial score (nSPS) is 19.8. The van der Waals surface area contributed by atoms with E-state index in [1.807, 2.05) is 32.3 Å². The van der Waals surface area contributed by atoms with Crippen LogP contribution in [0.25, 0.3) is 11.0 Å². The van der Waals surface area contributed by atoms with Gasteiger partial charge in [0.15, 0.2) is 6.29 Å². The summed E-state index contributed by atoms with van der Waals surface area (Å²) >= 11 is 0. The van der Waals surface area contributed by atoms with Crippen LogP contribution in [0.1, 0.15) is 58.7 Å². The lowest BCUT2D eigenvalue weighted by atomic mass is 9.96. The molecule has 2 atom stereocenters. The minimum Gasteiger partial charge on any atom is -0.434 e. The second-order valence-corrected chi connectivity index (χ2v) is 9.31. The Hall–Kier alpha value is -3.28. The molecule has 0 aliphatic carbocycles. The third-order valence-electron chi connectivity index (χ3n) is 6.91. The predicted octanol–water partition coefficient (Wildman–Crippen LogP) is 4.49. The summed E-state index contributed by atoms with van der Waals surface area (Å²) in [6, 6.07) is 10.2. The Labute approximate surface area is 203 Å². The lowest BCUT2D eigenvalue weighted by Gasteiger charge is -2.22. The highest BCUT2D eigenvalue weighted by Gasteiger charge is 2.38. The average Bonchev–Trinajstić information content (AvgIpc) is 3.55. The number of hydrogen-bond donors (Lipinski definition) is 0. The van der Waals surface area contributed by atoms with Gasteiger partial charge in [-0.2, -0.15) is 8.78 Å². The van der Waals surface area contributed by atoms with Crippen LogP contribution in [0.15, 0.2) is 36.4 Å². The number of nitrogens with zero attached hydrogens (tertiary/aromatic N) is 4. The van der Waals surface area contributed by atoms with E-state index in [-0.39, 0.29) is 17.8 Å². The number of benzene rings is 2. The Morgan fingerprint density at radius 1 is 1.23 bits per heavy atom. The van der Waals surface area contributed by atoms with Gasteiger partial charge in [0.25, 0.3) is 0 Å². The molecule has 1 saturated heterocycles. The molecule has 0 bridgehead atoms. The number of carbonyl (C=O) groups is 1. The molecule has 182 valence electrons. The first-order valence-electron chi connectivity index (χ1n) is 11.9. The molecule has 0 radical (unpaired) electrons. The van der Waals surface area contributed by atoms with Gasteiger partial charge in [-0.15, -0.1) is 0 Å². The maximum atomic E-state index is 13.2. The predicted molar refractivity (Wildman–Crippen MR) is 130 cm³/mol. The molecule has 8 heteroatoms. The fraction of sp³-hybridized carbons (Fsp3) is 0.407. The molecule has 2 aliphatic rings. The van der Waals surface area contributed by atoms with Crippen LogP contribution in [0.5, 0.6) is 5.75 Å². The van der Waals surface area contributed by atoms with E-state index in [1.54, 1.807) is 12.1 Å². The first-order valence-corrected chi connectivity index (χ1v) is 11.9. The zero-order valence-corrected chi connectivity index (χ0v) is 19.9. The zero-order chi connectivity index (χ0) is 24.5. The number of halogens is 2. The van der Waals surface area contributed by atoms with Gasteiger partial charge < -0.3 is 9.30 Å². The van der Waals surface area contributed by atoms with E-state index in [1.165, 1.54) is 18.9 Å². The van der Waals surface area contributed by atoms with Crippen LogP contribution in [-0.2, 0) is 0 Å². The summed E-state index contributed by atoms with van der Waals surface area (Å²) in [6.45, 7) is -0.0551. The molecular weight excluding hydrogens is 450 g/mol. The number of ether oxygens (including phenoxy) is 1. The van der Waals surface area contributed by atoms with Gasteiger partial charge in [0.2, 0.25) is 0 Å². The van der Waals surface area contributed by atoms with E-state index in [0.29, 0.717) is 23.8 Å². The highest BCUT2D eigenvalue weighted by molar-refractivity contribution is 5.82. The summed E-state index contributed by atoms with van der Waals surface area (Å²) in [5.41, 5.74) is 3.34. The summed E-state index contributed by atoms with van der Waals surface area (Å²) in [7, 11) is 3.93. The van der Waals surface area contributed by atoms with Crippen molar-refractivity contribution in [3.05, 3.63) is 58.9 Å². The number of fused-ring (bicyclic) bond motifs is 3. The molecule has 1 unspecified atom stereocenters. The van der Waals surface area contributed by atoms with Crippen molar-refractivity contribution in [2.75, 3.05) is 33.7 Å². The van der Waals surface area contributed by atoms with Crippen molar-refractivity contribution in [1.82, 2.24) is 19.4 Å². The van der Waals surface area contributed by atoms with Crippen molar-refractivity contribution >= 4 is 17.3 Å². The molecular formula is C27H28F2N4O2. The van der Waals surface area contributed by atoms with Crippen LogP contribution in [0.3, 0.4) is 0 Å². The first-order chi connectivity index (χ1) is 17.0. The Bertz CT molecular complexity index is 1300. The molecule has 0 spiro atoms. The SMILES string of the molecule is CN(C)C1C[C@H](c2c(C=O)cccc2OC(F)F)n2c1nc1ccc(C#CCN3CCCC3)cc12. The van der Waals surface area contributed by atoms with Crippen molar-refractivity contribution in [2.45, 2.75) is 38.0 Å².